The number of hydrogen-bond donors (Lipinski definition) is 1. The van der Waals surface area contributed by atoms with Gasteiger partial charge in [-0.2, -0.15) is 0 Å². The molecule has 2 unspecified atom stereocenters. The summed E-state index contributed by atoms with van der Waals surface area (Å²) in [6, 6.07) is 3.11. The number of pyridine rings is 1. The Labute approximate surface area is 97.3 Å². The van der Waals surface area contributed by atoms with Gasteiger partial charge in [-0.15, -0.1) is 0 Å². The predicted molar refractivity (Wildman–Crippen MR) is 64.7 cm³/mol. The molecule has 1 aromatic rings. The molecule has 3 heteroatoms. The minimum absolute atomic E-state index is 0.0164. The molecule has 0 aliphatic rings. The van der Waals surface area contributed by atoms with E-state index in [0.29, 0.717) is 11.6 Å². The van der Waals surface area contributed by atoms with E-state index in [-0.39, 0.29) is 11.9 Å². The molecule has 1 rings (SSSR count). The SMILES string of the molecule is CCCC(C)CC(NC)c1ncccc1F. The van der Waals surface area contributed by atoms with E-state index in [0.717, 1.165) is 6.42 Å². The fourth-order valence-electron chi connectivity index (χ4n) is 2.03. The van der Waals surface area contributed by atoms with Crippen molar-refractivity contribution in [3.63, 3.8) is 0 Å². The molecule has 0 saturated heterocycles. The van der Waals surface area contributed by atoms with Gasteiger partial charge in [0.15, 0.2) is 0 Å². The van der Waals surface area contributed by atoms with Gasteiger partial charge in [-0.25, -0.2) is 4.39 Å². The van der Waals surface area contributed by atoms with Gasteiger partial charge in [0.05, 0.1) is 11.7 Å². The first-order valence-electron chi connectivity index (χ1n) is 5.96. The molecule has 0 amide bonds. The highest BCUT2D eigenvalue weighted by molar-refractivity contribution is 5.11. The van der Waals surface area contributed by atoms with Crippen LogP contribution in [0.1, 0.15) is 44.8 Å². The first-order valence-corrected chi connectivity index (χ1v) is 5.96. The van der Waals surface area contributed by atoms with E-state index >= 15 is 0 Å². The van der Waals surface area contributed by atoms with Crippen LogP contribution >= 0.6 is 0 Å². The molecule has 0 saturated carbocycles. The predicted octanol–water partition coefficient (Wildman–Crippen LogP) is 3.31. The summed E-state index contributed by atoms with van der Waals surface area (Å²) in [6.07, 6.45) is 4.92. The maximum absolute atomic E-state index is 13.6. The molecular formula is C13H21FN2. The Kier molecular flexibility index (Phi) is 5.39. The lowest BCUT2D eigenvalue weighted by atomic mass is 9.95. The van der Waals surface area contributed by atoms with Crippen molar-refractivity contribution in [3.8, 4) is 0 Å². The highest BCUT2D eigenvalue weighted by Crippen LogP contribution is 2.23. The molecular weight excluding hydrogens is 203 g/mol. The van der Waals surface area contributed by atoms with Crippen molar-refractivity contribution in [2.75, 3.05) is 7.05 Å². The molecule has 1 heterocycles. The van der Waals surface area contributed by atoms with Crippen LogP contribution in [-0.4, -0.2) is 12.0 Å². The minimum atomic E-state index is -0.217. The third-order valence-electron chi connectivity index (χ3n) is 2.89. The van der Waals surface area contributed by atoms with Crippen molar-refractivity contribution in [2.24, 2.45) is 5.92 Å². The van der Waals surface area contributed by atoms with Crippen LogP contribution < -0.4 is 5.32 Å². The Bertz CT molecular complexity index is 315. The number of rotatable bonds is 6. The average molecular weight is 224 g/mol. The molecule has 2 atom stereocenters. The van der Waals surface area contributed by atoms with Crippen molar-refractivity contribution in [1.29, 1.82) is 0 Å². The lowest BCUT2D eigenvalue weighted by molar-refractivity contribution is 0.390. The first-order chi connectivity index (χ1) is 7.69. The summed E-state index contributed by atoms with van der Waals surface area (Å²) < 4.78 is 13.6. The van der Waals surface area contributed by atoms with Crippen molar-refractivity contribution in [1.82, 2.24) is 10.3 Å². The Morgan fingerprint density at radius 2 is 2.25 bits per heavy atom. The van der Waals surface area contributed by atoms with Gasteiger partial charge in [0.1, 0.15) is 5.82 Å². The number of halogens is 1. The standard InChI is InChI=1S/C13H21FN2/c1-4-6-10(2)9-12(15-3)13-11(14)7-5-8-16-13/h5,7-8,10,12,15H,4,6,9H2,1-3H3. The largest absolute Gasteiger partial charge is 0.312 e. The van der Waals surface area contributed by atoms with Crippen LogP contribution in [0.25, 0.3) is 0 Å². The van der Waals surface area contributed by atoms with Gasteiger partial charge in [-0.1, -0.05) is 26.7 Å². The first kappa shape index (κ1) is 13.1. The van der Waals surface area contributed by atoms with Crippen LogP contribution in [0.4, 0.5) is 4.39 Å². The molecule has 0 spiro atoms. The summed E-state index contributed by atoms with van der Waals surface area (Å²) >= 11 is 0. The fourth-order valence-corrected chi connectivity index (χ4v) is 2.03. The van der Waals surface area contributed by atoms with E-state index in [1.165, 1.54) is 18.9 Å². The van der Waals surface area contributed by atoms with Crippen molar-refractivity contribution >= 4 is 0 Å². The fraction of sp³-hybridized carbons (Fsp3) is 0.615. The third-order valence-corrected chi connectivity index (χ3v) is 2.89. The molecule has 0 fully saturated rings. The zero-order valence-electron chi connectivity index (χ0n) is 10.3. The molecule has 2 nitrogen and oxygen atoms in total. The molecule has 0 aromatic carbocycles. The summed E-state index contributed by atoms with van der Waals surface area (Å²) in [6.45, 7) is 4.38. The second kappa shape index (κ2) is 6.59. The molecule has 0 aliphatic carbocycles. The molecule has 1 aromatic heterocycles. The topological polar surface area (TPSA) is 24.9 Å². The summed E-state index contributed by atoms with van der Waals surface area (Å²) in [4.78, 5) is 4.13. The van der Waals surface area contributed by atoms with Crippen LogP contribution in [0.15, 0.2) is 18.3 Å². The zero-order valence-corrected chi connectivity index (χ0v) is 10.3. The molecule has 0 bridgehead atoms. The second-order valence-electron chi connectivity index (χ2n) is 4.34. The van der Waals surface area contributed by atoms with Crippen LogP contribution in [0, 0.1) is 11.7 Å². The van der Waals surface area contributed by atoms with Crippen molar-refractivity contribution in [3.05, 3.63) is 29.8 Å². The van der Waals surface area contributed by atoms with E-state index in [1.54, 1.807) is 12.3 Å². The molecule has 16 heavy (non-hydrogen) atoms. The third kappa shape index (κ3) is 3.56. The Morgan fingerprint density at radius 1 is 1.50 bits per heavy atom. The van der Waals surface area contributed by atoms with Crippen molar-refractivity contribution < 1.29 is 4.39 Å². The van der Waals surface area contributed by atoms with Crippen LogP contribution in [0.5, 0.6) is 0 Å². The Hall–Kier alpha value is -0.960. The zero-order chi connectivity index (χ0) is 12.0. The van der Waals surface area contributed by atoms with E-state index in [2.05, 4.69) is 24.1 Å². The number of aromatic nitrogens is 1. The van der Waals surface area contributed by atoms with E-state index in [1.807, 2.05) is 7.05 Å². The average Bonchev–Trinajstić information content (AvgIpc) is 2.27. The highest BCUT2D eigenvalue weighted by atomic mass is 19.1. The number of hydrogen-bond acceptors (Lipinski definition) is 2. The molecule has 1 N–H and O–H groups in total. The quantitative estimate of drug-likeness (QED) is 0.802. The number of nitrogens with one attached hydrogen (secondary N) is 1. The van der Waals surface area contributed by atoms with Crippen LogP contribution in [-0.2, 0) is 0 Å². The maximum atomic E-state index is 13.6. The Morgan fingerprint density at radius 3 is 2.81 bits per heavy atom. The normalized spacial score (nSPS) is 14.8. The highest BCUT2D eigenvalue weighted by Gasteiger charge is 2.17. The summed E-state index contributed by atoms with van der Waals surface area (Å²) in [7, 11) is 1.86. The lowest BCUT2D eigenvalue weighted by Gasteiger charge is -2.20. The van der Waals surface area contributed by atoms with Gasteiger partial charge in [0.2, 0.25) is 0 Å². The van der Waals surface area contributed by atoms with Gasteiger partial charge in [0, 0.05) is 6.20 Å². The van der Waals surface area contributed by atoms with Gasteiger partial charge in [-0.3, -0.25) is 4.98 Å². The molecule has 0 aliphatic heterocycles. The smallest absolute Gasteiger partial charge is 0.146 e. The number of nitrogens with zero attached hydrogens (tertiary/aromatic N) is 1. The summed E-state index contributed by atoms with van der Waals surface area (Å²) in [5.41, 5.74) is 0.535. The molecule has 0 radical (unpaired) electrons. The van der Waals surface area contributed by atoms with E-state index in [9.17, 15) is 4.39 Å². The van der Waals surface area contributed by atoms with E-state index in [4.69, 9.17) is 0 Å². The second-order valence-corrected chi connectivity index (χ2v) is 4.34. The van der Waals surface area contributed by atoms with Crippen molar-refractivity contribution in [2.45, 2.75) is 39.2 Å². The van der Waals surface area contributed by atoms with Crippen LogP contribution in [0.3, 0.4) is 0 Å². The van der Waals surface area contributed by atoms with Gasteiger partial charge < -0.3 is 5.32 Å². The van der Waals surface area contributed by atoms with E-state index < -0.39 is 0 Å². The van der Waals surface area contributed by atoms with Gasteiger partial charge in [0.25, 0.3) is 0 Å². The monoisotopic (exact) mass is 224 g/mol. The summed E-state index contributed by atoms with van der Waals surface area (Å²) in [5, 5.41) is 3.15. The van der Waals surface area contributed by atoms with Gasteiger partial charge >= 0.3 is 0 Å². The molecule has 90 valence electrons. The maximum Gasteiger partial charge on any atom is 0.146 e. The van der Waals surface area contributed by atoms with Gasteiger partial charge in [-0.05, 0) is 31.5 Å². The Balaban J connectivity index is 2.71. The minimum Gasteiger partial charge on any atom is -0.312 e. The lowest BCUT2D eigenvalue weighted by Crippen LogP contribution is -2.21. The van der Waals surface area contributed by atoms with Crippen LogP contribution in [0.2, 0.25) is 0 Å². The summed E-state index contributed by atoms with van der Waals surface area (Å²) in [5.74, 6) is 0.370.